The minimum atomic E-state index is -1.77. The molecule has 31 heavy (non-hydrogen) atoms. The van der Waals surface area contributed by atoms with E-state index in [1.807, 2.05) is 30.3 Å². The molecule has 0 bridgehead atoms. The molecule has 3 aromatic rings. The molecule has 1 heterocycles. The quantitative estimate of drug-likeness (QED) is 0.269. The van der Waals surface area contributed by atoms with Crippen molar-refractivity contribution in [2.45, 2.75) is 24.4 Å². The normalized spacial score (nSPS) is 15.3. The Bertz CT molecular complexity index is 1030. The molecule has 0 saturated carbocycles. The lowest BCUT2D eigenvalue weighted by Gasteiger charge is -2.26. The molecule has 4 atom stereocenters. The summed E-state index contributed by atoms with van der Waals surface area (Å²) in [7, 11) is 1.75. The van der Waals surface area contributed by atoms with Crippen LogP contribution in [-0.2, 0) is 7.05 Å². The van der Waals surface area contributed by atoms with Crippen molar-refractivity contribution in [1.29, 1.82) is 0 Å². The third kappa shape index (κ3) is 4.50. The van der Waals surface area contributed by atoms with Gasteiger partial charge in [-0.2, -0.15) is 0 Å². The first-order valence-corrected chi connectivity index (χ1v) is 9.59. The van der Waals surface area contributed by atoms with Crippen molar-refractivity contribution in [3.05, 3.63) is 76.3 Å². The van der Waals surface area contributed by atoms with Gasteiger partial charge in [0, 0.05) is 30.4 Å². The third-order valence-electron chi connectivity index (χ3n) is 5.26. The van der Waals surface area contributed by atoms with Crippen molar-refractivity contribution in [3.8, 4) is 22.5 Å². The average molecular weight is 428 g/mol. The van der Waals surface area contributed by atoms with Crippen LogP contribution in [0.3, 0.4) is 0 Å². The van der Waals surface area contributed by atoms with Crippen molar-refractivity contribution >= 4 is 5.69 Å². The number of aliphatic hydroxyl groups excluding tert-OH is 5. The van der Waals surface area contributed by atoms with Gasteiger partial charge >= 0.3 is 0 Å². The minimum absolute atomic E-state index is 0.0574. The van der Waals surface area contributed by atoms with Gasteiger partial charge in [0.25, 0.3) is 5.69 Å². The van der Waals surface area contributed by atoms with E-state index in [0.29, 0.717) is 22.5 Å². The molecule has 0 spiro atoms. The van der Waals surface area contributed by atoms with Crippen molar-refractivity contribution in [2.75, 3.05) is 6.61 Å². The zero-order valence-electron chi connectivity index (χ0n) is 16.7. The van der Waals surface area contributed by atoms with Gasteiger partial charge in [-0.15, -0.1) is 0 Å². The first-order chi connectivity index (χ1) is 14.8. The monoisotopic (exact) mass is 428 g/mol. The van der Waals surface area contributed by atoms with E-state index in [4.69, 9.17) is 5.11 Å². The average Bonchev–Trinajstić information content (AvgIpc) is 3.14. The van der Waals surface area contributed by atoms with E-state index in [-0.39, 0.29) is 5.69 Å². The van der Waals surface area contributed by atoms with E-state index in [1.54, 1.807) is 29.8 Å². The van der Waals surface area contributed by atoms with Crippen LogP contribution in [0, 0.1) is 10.1 Å². The van der Waals surface area contributed by atoms with Gasteiger partial charge in [-0.3, -0.25) is 10.1 Å². The molecule has 0 aliphatic rings. The second-order valence-corrected chi connectivity index (χ2v) is 7.24. The van der Waals surface area contributed by atoms with Crippen molar-refractivity contribution in [1.82, 2.24) is 4.57 Å². The molecule has 9 heteroatoms. The second-order valence-electron chi connectivity index (χ2n) is 7.24. The lowest BCUT2D eigenvalue weighted by molar-refractivity contribution is -0.384. The molecular weight excluding hydrogens is 404 g/mol. The largest absolute Gasteiger partial charge is 0.394 e. The Morgan fingerprint density at radius 3 is 2.10 bits per heavy atom. The predicted molar refractivity (Wildman–Crippen MR) is 113 cm³/mol. The van der Waals surface area contributed by atoms with E-state index in [2.05, 4.69) is 0 Å². The summed E-state index contributed by atoms with van der Waals surface area (Å²) in [6.45, 7) is -0.778. The van der Waals surface area contributed by atoms with Crippen LogP contribution in [0.5, 0.6) is 0 Å². The highest BCUT2D eigenvalue weighted by molar-refractivity contribution is 5.74. The summed E-state index contributed by atoms with van der Waals surface area (Å²) in [5.41, 5.74) is 2.79. The van der Waals surface area contributed by atoms with E-state index in [1.165, 1.54) is 12.1 Å². The van der Waals surface area contributed by atoms with Crippen LogP contribution in [0.2, 0.25) is 0 Å². The summed E-state index contributed by atoms with van der Waals surface area (Å²) >= 11 is 0. The summed E-state index contributed by atoms with van der Waals surface area (Å²) in [5.74, 6) is 0. The lowest BCUT2D eigenvalue weighted by Crippen LogP contribution is -2.42. The van der Waals surface area contributed by atoms with Crippen LogP contribution in [0.4, 0.5) is 5.69 Å². The van der Waals surface area contributed by atoms with Gasteiger partial charge in [0.15, 0.2) is 0 Å². The molecule has 0 aliphatic carbocycles. The highest BCUT2D eigenvalue weighted by Crippen LogP contribution is 2.37. The zero-order valence-corrected chi connectivity index (χ0v) is 16.7. The number of non-ortho nitro benzene ring substituents is 1. The van der Waals surface area contributed by atoms with Crippen molar-refractivity contribution in [2.24, 2.45) is 7.05 Å². The number of benzene rings is 2. The Labute approximate surface area is 178 Å². The molecule has 5 N–H and O–H groups in total. The molecule has 0 amide bonds. The van der Waals surface area contributed by atoms with Gasteiger partial charge in [0.2, 0.25) is 0 Å². The summed E-state index contributed by atoms with van der Waals surface area (Å²) < 4.78 is 1.77. The molecule has 0 radical (unpaired) electrons. The van der Waals surface area contributed by atoms with Crippen LogP contribution in [-0.4, -0.2) is 59.9 Å². The van der Waals surface area contributed by atoms with E-state index >= 15 is 0 Å². The molecule has 0 fully saturated rings. The third-order valence-corrected chi connectivity index (χ3v) is 5.26. The predicted octanol–water partition coefficient (Wildman–Crippen LogP) is 1.38. The molecule has 164 valence electrons. The molecule has 1 aromatic heterocycles. The summed E-state index contributed by atoms with van der Waals surface area (Å²) in [6.07, 6.45) is -6.74. The summed E-state index contributed by atoms with van der Waals surface area (Å²) in [4.78, 5) is 10.4. The maximum atomic E-state index is 10.9. The Morgan fingerprint density at radius 1 is 0.935 bits per heavy atom. The Morgan fingerprint density at radius 2 is 1.55 bits per heavy atom. The molecular formula is C22H24N2O7. The van der Waals surface area contributed by atoms with Gasteiger partial charge in [-0.05, 0) is 29.3 Å². The van der Waals surface area contributed by atoms with Gasteiger partial charge in [0.1, 0.15) is 24.4 Å². The molecule has 0 saturated heterocycles. The standard InChI is InChI=1S/C22H24N2O7/c1-23-17(13-7-9-15(10-8-13)24(30)31)11-16(19(23)14-5-3-2-4-6-14)20(27)22(29)21(28)18(26)12-25/h2-11,18,20-22,25-29H,12H2,1H3/t18-,20-,21-,22-/m1/s1. The van der Waals surface area contributed by atoms with Crippen LogP contribution < -0.4 is 0 Å². The number of rotatable bonds is 8. The van der Waals surface area contributed by atoms with Crippen molar-refractivity contribution < 1.29 is 30.5 Å². The Balaban J connectivity index is 2.11. The highest BCUT2D eigenvalue weighted by Gasteiger charge is 2.33. The van der Waals surface area contributed by atoms with Crippen molar-refractivity contribution in [3.63, 3.8) is 0 Å². The zero-order chi connectivity index (χ0) is 22.7. The fourth-order valence-electron chi connectivity index (χ4n) is 3.55. The Hall–Kier alpha value is -3.08. The number of nitro groups is 1. The number of aromatic nitrogens is 1. The molecule has 3 rings (SSSR count). The topological polar surface area (TPSA) is 149 Å². The Kier molecular flexibility index (Phi) is 6.84. The van der Waals surface area contributed by atoms with E-state index in [9.17, 15) is 30.5 Å². The molecule has 2 aromatic carbocycles. The fourth-order valence-corrected chi connectivity index (χ4v) is 3.55. The number of aliphatic hydroxyl groups is 5. The second kappa shape index (κ2) is 9.38. The fraction of sp³-hybridized carbons (Fsp3) is 0.273. The van der Waals surface area contributed by atoms with Gasteiger partial charge < -0.3 is 30.1 Å². The van der Waals surface area contributed by atoms with Gasteiger partial charge in [0.05, 0.1) is 17.2 Å². The molecule has 9 nitrogen and oxygen atoms in total. The lowest BCUT2D eigenvalue weighted by atomic mass is 9.95. The molecule has 0 unspecified atom stereocenters. The van der Waals surface area contributed by atoms with E-state index < -0.39 is 35.9 Å². The molecule has 0 aliphatic heterocycles. The SMILES string of the molecule is Cn1c(-c2ccc([N+](=O)[O-])cc2)cc([C@@H](O)[C@@H](O)[C@H](O)[C@H](O)CO)c1-c1ccccc1. The summed E-state index contributed by atoms with van der Waals surface area (Å²) in [5, 5.41) is 61.0. The maximum Gasteiger partial charge on any atom is 0.269 e. The maximum absolute atomic E-state index is 10.9. The minimum Gasteiger partial charge on any atom is -0.394 e. The number of hydrogen-bond acceptors (Lipinski definition) is 7. The first kappa shape index (κ1) is 22.6. The smallest absolute Gasteiger partial charge is 0.269 e. The van der Waals surface area contributed by atoms with Crippen LogP contribution in [0.15, 0.2) is 60.7 Å². The number of nitrogens with zero attached hydrogens (tertiary/aromatic N) is 2. The number of hydrogen-bond donors (Lipinski definition) is 5. The summed E-state index contributed by atoms with van der Waals surface area (Å²) in [6, 6.07) is 16.6. The van der Waals surface area contributed by atoms with Gasteiger partial charge in [-0.25, -0.2) is 0 Å². The first-order valence-electron chi connectivity index (χ1n) is 9.59. The highest BCUT2D eigenvalue weighted by atomic mass is 16.6. The number of nitro benzene ring substituents is 1. The van der Waals surface area contributed by atoms with Crippen LogP contribution in [0.1, 0.15) is 11.7 Å². The van der Waals surface area contributed by atoms with Crippen LogP contribution >= 0.6 is 0 Å². The van der Waals surface area contributed by atoms with Gasteiger partial charge in [-0.1, -0.05) is 30.3 Å². The van der Waals surface area contributed by atoms with E-state index in [0.717, 1.165) is 5.56 Å². The van der Waals surface area contributed by atoms with Crippen LogP contribution in [0.25, 0.3) is 22.5 Å².